The van der Waals surface area contributed by atoms with Gasteiger partial charge in [0, 0.05) is 31.0 Å². The molecule has 0 aliphatic heterocycles. The second kappa shape index (κ2) is 9.13. The van der Waals surface area contributed by atoms with E-state index in [2.05, 4.69) is 9.97 Å². The topological polar surface area (TPSA) is 69.5 Å². The van der Waals surface area contributed by atoms with E-state index in [0.29, 0.717) is 46.4 Å². The van der Waals surface area contributed by atoms with Gasteiger partial charge in [0.2, 0.25) is 0 Å². The molecule has 0 fully saturated rings. The Bertz CT molecular complexity index is 1190. The maximum atomic E-state index is 14.2. The van der Waals surface area contributed by atoms with Crippen molar-refractivity contribution in [2.45, 2.75) is 13.0 Å². The molecule has 0 saturated heterocycles. The quantitative estimate of drug-likeness (QED) is 0.407. The van der Waals surface area contributed by atoms with Gasteiger partial charge in [-0.3, -0.25) is 9.69 Å². The SMILES string of the molecule is COc1ccc(C(=O)N(CCCn2ccnc2)c2nc3c(F)cccc3s2)cc1OC. The van der Waals surface area contributed by atoms with E-state index < -0.39 is 5.82 Å². The standard InChI is InChI=1S/C22H21FN4O3S/c1-29-17-8-7-15(13-18(17)30-2)21(28)27(11-4-10-26-12-9-24-14-26)22-25-20-16(23)5-3-6-19(20)31-22/h3,5-9,12-14H,4,10-11H2,1-2H3. The first-order chi connectivity index (χ1) is 15.1. The summed E-state index contributed by atoms with van der Waals surface area (Å²) in [6.07, 6.45) is 5.98. The molecular formula is C22H21FN4O3S. The van der Waals surface area contributed by atoms with Gasteiger partial charge in [0.25, 0.3) is 5.91 Å². The number of anilines is 1. The molecule has 0 aliphatic rings. The summed E-state index contributed by atoms with van der Waals surface area (Å²) in [7, 11) is 3.06. The maximum Gasteiger partial charge on any atom is 0.260 e. The van der Waals surface area contributed by atoms with Crippen molar-refractivity contribution < 1.29 is 18.7 Å². The van der Waals surface area contributed by atoms with Crippen molar-refractivity contribution in [3.8, 4) is 11.5 Å². The minimum atomic E-state index is -0.406. The van der Waals surface area contributed by atoms with Crippen molar-refractivity contribution in [3.05, 3.63) is 66.5 Å². The number of aromatic nitrogens is 3. The van der Waals surface area contributed by atoms with Crippen LogP contribution in [-0.2, 0) is 6.54 Å². The lowest BCUT2D eigenvalue weighted by Gasteiger charge is -2.20. The summed E-state index contributed by atoms with van der Waals surface area (Å²) in [5.41, 5.74) is 0.697. The van der Waals surface area contributed by atoms with Crippen LogP contribution in [0.1, 0.15) is 16.8 Å². The average molecular weight is 441 g/mol. The van der Waals surface area contributed by atoms with E-state index in [0.717, 1.165) is 0 Å². The van der Waals surface area contributed by atoms with Crippen molar-refractivity contribution in [1.82, 2.24) is 14.5 Å². The summed E-state index contributed by atoms with van der Waals surface area (Å²) in [4.78, 5) is 23.5. The molecule has 2 heterocycles. The molecule has 160 valence electrons. The van der Waals surface area contributed by atoms with Gasteiger partial charge in [0.05, 0.1) is 25.2 Å². The third-order valence-electron chi connectivity index (χ3n) is 4.82. The second-order valence-corrected chi connectivity index (χ2v) is 7.77. The van der Waals surface area contributed by atoms with Gasteiger partial charge in [-0.25, -0.2) is 14.4 Å². The Kier molecular flexibility index (Phi) is 6.13. The van der Waals surface area contributed by atoms with E-state index in [1.165, 1.54) is 31.6 Å². The number of amides is 1. The number of benzene rings is 2. The molecular weight excluding hydrogens is 419 g/mol. The zero-order valence-corrected chi connectivity index (χ0v) is 17.9. The molecule has 0 saturated carbocycles. The molecule has 0 bridgehead atoms. The zero-order chi connectivity index (χ0) is 21.8. The first-order valence-electron chi connectivity index (χ1n) is 9.65. The number of halogens is 1. The fourth-order valence-electron chi connectivity index (χ4n) is 3.26. The van der Waals surface area contributed by atoms with E-state index in [1.807, 2.05) is 10.8 Å². The number of ether oxygens (including phenoxy) is 2. The molecule has 7 nitrogen and oxygen atoms in total. The number of carbonyl (C=O) groups is 1. The van der Waals surface area contributed by atoms with Crippen LogP contribution in [0.5, 0.6) is 11.5 Å². The molecule has 31 heavy (non-hydrogen) atoms. The Morgan fingerprint density at radius 2 is 2.03 bits per heavy atom. The number of nitrogens with zero attached hydrogens (tertiary/aromatic N) is 4. The van der Waals surface area contributed by atoms with Gasteiger partial charge in [-0.2, -0.15) is 0 Å². The van der Waals surface area contributed by atoms with Crippen LogP contribution in [0.15, 0.2) is 55.1 Å². The number of hydrogen-bond acceptors (Lipinski definition) is 6. The second-order valence-electron chi connectivity index (χ2n) is 6.76. The predicted octanol–water partition coefficient (Wildman–Crippen LogP) is 4.39. The fourth-order valence-corrected chi connectivity index (χ4v) is 4.26. The third-order valence-corrected chi connectivity index (χ3v) is 5.87. The number of thiazole rings is 1. The van der Waals surface area contributed by atoms with E-state index in [4.69, 9.17) is 9.47 Å². The summed E-state index contributed by atoms with van der Waals surface area (Å²) in [6.45, 7) is 1.10. The lowest BCUT2D eigenvalue weighted by molar-refractivity contribution is 0.0986. The van der Waals surface area contributed by atoms with Gasteiger partial charge < -0.3 is 14.0 Å². The van der Waals surface area contributed by atoms with Crippen molar-refractivity contribution in [3.63, 3.8) is 0 Å². The lowest BCUT2D eigenvalue weighted by Crippen LogP contribution is -2.32. The number of aryl methyl sites for hydroxylation is 1. The zero-order valence-electron chi connectivity index (χ0n) is 17.1. The molecule has 4 aromatic rings. The highest BCUT2D eigenvalue weighted by Gasteiger charge is 2.23. The van der Waals surface area contributed by atoms with Gasteiger partial charge in [0.1, 0.15) is 11.3 Å². The van der Waals surface area contributed by atoms with Crippen LogP contribution in [0, 0.1) is 5.82 Å². The van der Waals surface area contributed by atoms with Crippen LogP contribution in [-0.4, -0.2) is 41.2 Å². The Morgan fingerprint density at radius 3 is 2.74 bits per heavy atom. The Morgan fingerprint density at radius 1 is 1.19 bits per heavy atom. The minimum absolute atomic E-state index is 0.244. The summed E-state index contributed by atoms with van der Waals surface area (Å²) >= 11 is 1.29. The van der Waals surface area contributed by atoms with Crippen LogP contribution in [0.4, 0.5) is 9.52 Å². The first-order valence-corrected chi connectivity index (χ1v) is 10.5. The molecule has 9 heteroatoms. The lowest BCUT2D eigenvalue weighted by atomic mass is 10.1. The summed E-state index contributed by atoms with van der Waals surface area (Å²) in [5.74, 6) is 0.345. The van der Waals surface area contributed by atoms with E-state index in [1.54, 1.807) is 47.8 Å². The average Bonchev–Trinajstić information content (AvgIpc) is 3.46. The van der Waals surface area contributed by atoms with Crippen molar-refractivity contribution in [2.75, 3.05) is 25.7 Å². The fraction of sp³-hybridized carbons (Fsp3) is 0.227. The molecule has 0 unspecified atom stereocenters. The van der Waals surface area contributed by atoms with E-state index in [-0.39, 0.29) is 11.4 Å². The number of carbonyl (C=O) groups excluding carboxylic acids is 1. The Hall–Kier alpha value is -3.46. The molecule has 1 amide bonds. The van der Waals surface area contributed by atoms with Crippen molar-refractivity contribution >= 4 is 32.6 Å². The number of rotatable bonds is 8. The number of para-hydroxylation sites is 1. The van der Waals surface area contributed by atoms with E-state index in [9.17, 15) is 9.18 Å². The molecule has 2 aromatic carbocycles. The predicted molar refractivity (Wildman–Crippen MR) is 118 cm³/mol. The smallest absolute Gasteiger partial charge is 0.260 e. The molecule has 0 atom stereocenters. The Balaban J connectivity index is 1.66. The highest BCUT2D eigenvalue weighted by molar-refractivity contribution is 7.22. The normalized spacial score (nSPS) is 10.9. The molecule has 0 N–H and O–H groups in total. The number of hydrogen-bond donors (Lipinski definition) is 0. The van der Waals surface area contributed by atoms with Gasteiger partial charge in [-0.05, 0) is 36.8 Å². The van der Waals surface area contributed by atoms with Gasteiger partial charge in [-0.1, -0.05) is 17.4 Å². The Labute approximate surface area is 182 Å². The van der Waals surface area contributed by atoms with Crippen LogP contribution < -0.4 is 14.4 Å². The number of imidazole rings is 1. The summed E-state index contributed by atoms with van der Waals surface area (Å²) < 4.78 is 27.4. The maximum absolute atomic E-state index is 14.2. The molecule has 4 rings (SSSR count). The molecule has 0 aliphatic carbocycles. The molecule has 0 radical (unpaired) electrons. The van der Waals surface area contributed by atoms with E-state index >= 15 is 0 Å². The van der Waals surface area contributed by atoms with Crippen molar-refractivity contribution in [1.29, 1.82) is 0 Å². The highest BCUT2D eigenvalue weighted by Crippen LogP contribution is 2.33. The van der Waals surface area contributed by atoms with Gasteiger partial charge >= 0.3 is 0 Å². The first kappa shape index (κ1) is 20.8. The largest absolute Gasteiger partial charge is 0.493 e. The van der Waals surface area contributed by atoms with Gasteiger partial charge in [-0.15, -0.1) is 0 Å². The van der Waals surface area contributed by atoms with Crippen LogP contribution in [0.25, 0.3) is 10.2 Å². The molecule has 0 spiro atoms. The minimum Gasteiger partial charge on any atom is -0.493 e. The van der Waals surface area contributed by atoms with Crippen molar-refractivity contribution in [2.24, 2.45) is 0 Å². The van der Waals surface area contributed by atoms with Gasteiger partial charge in [0.15, 0.2) is 16.6 Å². The van der Waals surface area contributed by atoms with Crippen LogP contribution in [0.2, 0.25) is 0 Å². The summed E-state index contributed by atoms with van der Waals surface area (Å²) in [6, 6.07) is 9.81. The summed E-state index contributed by atoms with van der Waals surface area (Å²) in [5, 5.41) is 0.450. The number of fused-ring (bicyclic) bond motifs is 1. The van der Waals surface area contributed by atoms with Crippen LogP contribution >= 0.6 is 11.3 Å². The highest BCUT2D eigenvalue weighted by atomic mass is 32.1. The van der Waals surface area contributed by atoms with Crippen LogP contribution in [0.3, 0.4) is 0 Å². The number of methoxy groups -OCH3 is 2. The molecule has 2 aromatic heterocycles. The monoisotopic (exact) mass is 440 g/mol. The third kappa shape index (κ3) is 4.36.